The summed E-state index contributed by atoms with van der Waals surface area (Å²) in [5.41, 5.74) is 7.68. The first-order valence-electron chi connectivity index (χ1n) is 5.53. The lowest BCUT2D eigenvalue weighted by atomic mass is 10.1. The number of hydrogen-bond acceptors (Lipinski definition) is 5. The molecule has 0 aromatic heterocycles. The lowest BCUT2D eigenvalue weighted by Gasteiger charge is -2.16. The minimum Gasteiger partial charge on any atom is -0.465 e. The summed E-state index contributed by atoms with van der Waals surface area (Å²) in [6.45, 7) is 0. The molecule has 0 saturated carbocycles. The van der Waals surface area contributed by atoms with Gasteiger partial charge < -0.3 is 15.8 Å². The average Bonchev–Trinajstić information content (AvgIpc) is 2.84. The van der Waals surface area contributed by atoms with Gasteiger partial charge in [-0.15, -0.1) is 0 Å². The normalized spacial score (nSPS) is 19.0. The third-order valence-electron chi connectivity index (χ3n) is 2.80. The van der Waals surface area contributed by atoms with Crippen LogP contribution in [0, 0.1) is 0 Å². The van der Waals surface area contributed by atoms with Crippen molar-refractivity contribution in [3.8, 4) is 0 Å². The van der Waals surface area contributed by atoms with Crippen LogP contribution in [0.25, 0.3) is 0 Å². The summed E-state index contributed by atoms with van der Waals surface area (Å²) in [6.07, 6.45) is 1.13. The Morgan fingerprint density at radius 3 is 3.06 bits per heavy atom. The van der Waals surface area contributed by atoms with Crippen LogP contribution in [0.2, 0.25) is 0 Å². The molecule has 1 heterocycles. The maximum absolute atomic E-state index is 11.5. The predicted molar refractivity (Wildman–Crippen MR) is 71.5 cm³/mol. The van der Waals surface area contributed by atoms with Crippen molar-refractivity contribution in [2.75, 3.05) is 29.7 Å². The van der Waals surface area contributed by atoms with E-state index in [9.17, 15) is 4.79 Å². The number of hydrogen-bond donors (Lipinski definition) is 2. The van der Waals surface area contributed by atoms with Gasteiger partial charge in [0.05, 0.1) is 24.0 Å². The summed E-state index contributed by atoms with van der Waals surface area (Å²) in [7, 11) is 1.36. The van der Waals surface area contributed by atoms with Crippen molar-refractivity contribution < 1.29 is 9.53 Å². The van der Waals surface area contributed by atoms with E-state index in [1.165, 1.54) is 12.9 Å². The molecule has 1 fully saturated rings. The van der Waals surface area contributed by atoms with E-state index in [2.05, 4.69) is 5.32 Å². The summed E-state index contributed by atoms with van der Waals surface area (Å²) < 4.78 is 4.69. The van der Waals surface area contributed by atoms with E-state index in [-0.39, 0.29) is 0 Å². The average molecular weight is 252 g/mol. The molecule has 0 amide bonds. The molecule has 1 saturated heterocycles. The Labute approximate surface area is 105 Å². The fraction of sp³-hybridized carbons (Fsp3) is 0.417. The van der Waals surface area contributed by atoms with E-state index < -0.39 is 5.97 Å². The Morgan fingerprint density at radius 1 is 1.59 bits per heavy atom. The monoisotopic (exact) mass is 252 g/mol. The molecule has 0 spiro atoms. The van der Waals surface area contributed by atoms with Gasteiger partial charge in [-0.2, -0.15) is 11.8 Å². The minimum absolute atomic E-state index is 0.396. The second-order valence-corrected chi connectivity index (χ2v) is 5.11. The smallest absolute Gasteiger partial charge is 0.340 e. The van der Waals surface area contributed by atoms with E-state index in [0.29, 0.717) is 17.3 Å². The first kappa shape index (κ1) is 12.1. The van der Waals surface area contributed by atoms with E-state index in [4.69, 9.17) is 10.5 Å². The molecular formula is C12H16N2O2S. The lowest BCUT2D eigenvalue weighted by molar-refractivity contribution is 0.0602. The molecule has 0 radical (unpaired) electrons. The fourth-order valence-electron chi connectivity index (χ4n) is 1.85. The highest BCUT2D eigenvalue weighted by molar-refractivity contribution is 7.99. The van der Waals surface area contributed by atoms with Crippen molar-refractivity contribution in [2.45, 2.75) is 12.5 Å². The van der Waals surface area contributed by atoms with Crippen LogP contribution in [0.5, 0.6) is 0 Å². The van der Waals surface area contributed by atoms with Crippen LogP contribution in [0.15, 0.2) is 18.2 Å². The SMILES string of the molecule is COC(=O)c1cccc(NC2CCSC2)c1N. The Morgan fingerprint density at radius 2 is 2.41 bits per heavy atom. The van der Waals surface area contributed by atoms with Gasteiger partial charge in [0.25, 0.3) is 0 Å². The third-order valence-corrected chi connectivity index (χ3v) is 3.96. The van der Waals surface area contributed by atoms with Crippen molar-refractivity contribution in [1.29, 1.82) is 0 Å². The second-order valence-electron chi connectivity index (χ2n) is 3.96. The van der Waals surface area contributed by atoms with Crippen LogP contribution in [0.1, 0.15) is 16.8 Å². The number of nitrogen functional groups attached to an aromatic ring is 1. The zero-order chi connectivity index (χ0) is 12.3. The topological polar surface area (TPSA) is 64.3 Å². The van der Waals surface area contributed by atoms with Crippen molar-refractivity contribution in [2.24, 2.45) is 0 Å². The van der Waals surface area contributed by atoms with Crippen LogP contribution < -0.4 is 11.1 Å². The first-order valence-corrected chi connectivity index (χ1v) is 6.69. The van der Waals surface area contributed by atoms with Gasteiger partial charge in [0, 0.05) is 11.8 Å². The Kier molecular flexibility index (Phi) is 3.78. The van der Waals surface area contributed by atoms with E-state index in [1.54, 1.807) is 6.07 Å². The molecule has 3 N–H and O–H groups in total. The van der Waals surface area contributed by atoms with Gasteiger partial charge in [-0.25, -0.2) is 4.79 Å². The third kappa shape index (κ3) is 2.66. The van der Waals surface area contributed by atoms with Gasteiger partial charge in [-0.1, -0.05) is 6.07 Å². The Hall–Kier alpha value is -1.36. The number of para-hydroxylation sites is 1. The number of nitrogens with two attached hydrogens (primary N) is 1. The van der Waals surface area contributed by atoms with E-state index >= 15 is 0 Å². The van der Waals surface area contributed by atoms with Crippen molar-refractivity contribution >= 4 is 29.1 Å². The number of methoxy groups -OCH3 is 1. The maximum Gasteiger partial charge on any atom is 0.340 e. The van der Waals surface area contributed by atoms with Crippen LogP contribution in [-0.4, -0.2) is 30.6 Å². The highest BCUT2D eigenvalue weighted by Gasteiger charge is 2.18. The number of carbonyl (C=O) groups is 1. The number of esters is 1. The van der Waals surface area contributed by atoms with Crippen molar-refractivity contribution in [3.05, 3.63) is 23.8 Å². The Balaban J connectivity index is 2.19. The molecular weight excluding hydrogens is 236 g/mol. The van der Waals surface area contributed by atoms with Crippen molar-refractivity contribution in [1.82, 2.24) is 0 Å². The lowest BCUT2D eigenvalue weighted by Crippen LogP contribution is -2.19. The van der Waals surface area contributed by atoms with Crippen LogP contribution >= 0.6 is 11.8 Å². The summed E-state index contributed by atoms with van der Waals surface area (Å²) in [5.74, 6) is 1.86. The molecule has 92 valence electrons. The quantitative estimate of drug-likeness (QED) is 0.636. The van der Waals surface area contributed by atoms with Crippen LogP contribution in [-0.2, 0) is 4.74 Å². The number of thioether (sulfide) groups is 1. The summed E-state index contributed by atoms with van der Waals surface area (Å²) >= 11 is 1.93. The zero-order valence-electron chi connectivity index (χ0n) is 9.73. The highest BCUT2D eigenvalue weighted by Crippen LogP contribution is 2.27. The summed E-state index contributed by atoms with van der Waals surface area (Å²) in [5, 5.41) is 3.37. The van der Waals surface area contributed by atoms with Gasteiger partial charge in [0.2, 0.25) is 0 Å². The van der Waals surface area contributed by atoms with Crippen molar-refractivity contribution in [3.63, 3.8) is 0 Å². The number of anilines is 2. The van der Waals surface area contributed by atoms with E-state index in [0.717, 1.165) is 17.9 Å². The molecule has 0 bridgehead atoms. The molecule has 4 nitrogen and oxygen atoms in total. The molecule has 1 aromatic rings. The zero-order valence-corrected chi connectivity index (χ0v) is 10.5. The second kappa shape index (κ2) is 5.31. The molecule has 1 unspecified atom stereocenters. The largest absolute Gasteiger partial charge is 0.465 e. The number of benzene rings is 1. The molecule has 1 aromatic carbocycles. The number of ether oxygens (including phenoxy) is 1. The van der Waals surface area contributed by atoms with Gasteiger partial charge in [-0.05, 0) is 24.3 Å². The van der Waals surface area contributed by atoms with Crippen LogP contribution in [0.3, 0.4) is 0 Å². The van der Waals surface area contributed by atoms with Crippen LogP contribution in [0.4, 0.5) is 11.4 Å². The molecule has 1 aliphatic heterocycles. The number of carbonyl (C=O) groups excluding carboxylic acids is 1. The maximum atomic E-state index is 11.5. The van der Waals surface area contributed by atoms with Gasteiger partial charge >= 0.3 is 5.97 Å². The molecule has 5 heteroatoms. The highest BCUT2D eigenvalue weighted by atomic mass is 32.2. The van der Waals surface area contributed by atoms with Gasteiger partial charge in [-0.3, -0.25) is 0 Å². The number of nitrogens with one attached hydrogen (secondary N) is 1. The predicted octanol–water partition coefficient (Wildman–Crippen LogP) is 1.97. The molecule has 2 rings (SSSR count). The Bertz CT molecular complexity index is 417. The number of rotatable bonds is 3. The fourth-order valence-corrected chi connectivity index (χ4v) is 3.00. The van der Waals surface area contributed by atoms with Gasteiger partial charge in [0.15, 0.2) is 0 Å². The van der Waals surface area contributed by atoms with Gasteiger partial charge in [0.1, 0.15) is 0 Å². The molecule has 17 heavy (non-hydrogen) atoms. The minimum atomic E-state index is -0.396. The van der Waals surface area contributed by atoms with E-state index in [1.807, 2.05) is 23.9 Å². The molecule has 1 atom stereocenters. The first-order chi connectivity index (χ1) is 8.22. The molecule has 1 aliphatic rings. The standard InChI is InChI=1S/C12H16N2O2S/c1-16-12(15)9-3-2-4-10(11(9)13)14-8-5-6-17-7-8/h2-4,8,14H,5-7,13H2,1H3. The summed E-state index contributed by atoms with van der Waals surface area (Å²) in [4.78, 5) is 11.5. The molecule has 0 aliphatic carbocycles. The summed E-state index contributed by atoms with van der Waals surface area (Å²) in [6, 6.07) is 5.82.